The topological polar surface area (TPSA) is 176 Å². The fourth-order valence-electron chi connectivity index (χ4n) is 1.97. The smallest absolute Gasteiger partial charge is 0.264 e. The summed E-state index contributed by atoms with van der Waals surface area (Å²) in [6.07, 6.45) is 0.352. The molecule has 0 saturated carbocycles. The van der Waals surface area contributed by atoms with Crippen molar-refractivity contribution < 1.29 is 31.3 Å². The van der Waals surface area contributed by atoms with Crippen LogP contribution < -0.4 is 16.4 Å². The Kier molecular flexibility index (Phi) is 8.65. The van der Waals surface area contributed by atoms with Crippen LogP contribution >= 0.6 is 0 Å². The van der Waals surface area contributed by atoms with Gasteiger partial charge in [-0.25, -0.2) is 4.21 Å². The maximum atomic E-state index is 12.1. The Hall–Kier alpha value is -2.02. The maximum Gasteiger partial charge on any atom is 0.264 e. The van der Waals surface area contributed by atoms with Crippen LogP contribution in [0.1, 0.15) is 33.6 Å². The predicted molar refractivity (Wildman–Crippen MR) is 96.8 cm³/mol. The molecule has 0 aliphatic rings. The molecule has 0 heterocycles. The lowest BCUT2D eigenvalue weighted by molar-refractivity contribution is 0.0953. The number of amides is 2. The second-order valence-electron chi connectivity index (χ2n) is 5.37. The van der Waals surface area contributed by atoms with Crippen LogP contribution in [0.25, 0.3) is 0 Å². The van der Waals surface area contributed by atoms with E-state index in [4.69, 9.17) is 14.8 Å². The van der Waals surface area contributed by atoms with Gasteiger partial charge >= 0.3 is 0 Å². The zero-order valence-corrected chi connectivity index (χ0v) is 15.4. The monoisotopic (exact) mass is 407 g/mol. The van der Waals surface area contributed by atoms with E-state index in [-0.39, 0.29) is 42.1 Å². The minimum Gasteiger partial charge on any atom is -0.399 e. The van der Waals surface area contributed by atoms with Crippen LogP contribution in [0.3, 0.4) is 0 Å². The van der Waals surface area contributed by atoms with Crippen LogP contribution in [0.4, 0.5) is 5.69 Å². The van der Waals surface area contributed by atoms with Crippen molar-refractivity contribution in [3.63, 3.8) is 0 Å². The molecule has 0 aliphatic carbocycles. The van der Waals surface area contributed by atoms with Gasteiger partial charge in [-0.05, 0) is 31.0 Å². The van der Waals surface area contributed by atoms with Crippen molar-refractivity contribution in [1.29, 1.82) is 0 Å². The molecule has 2 amide bonds. The van der Waals surface area contributed by atoms with Crippen molar-refractivity contribution in [2.45, 2.75) is 12.8 Å². The number of hydrogen-bond acceptors (Lipinski definition) is 6. The van der Waals surface area contributed by atoms with Gasteiger partial charge in [0, 0.05) is 29.9 Å². The number of nitrogen functional groups attached to an aromatic ring is 1. The first-order chi connectivity index (χ1) is 12.1. The van der Waals surface area contributed by atoms with E-state index in [2.05, 4.69) is 10.6 Å². The lowest BCUT2D eigenvalue weighted by Crippen LogP contribution is -2.28. The molecule has 146 valence electrons. The molecule has 0 radical (unpaired) electrons. The predicted octanol–water partition coefficient (Wildman–Crippen LogP) is -0.382. The Morgan fingerprint density at radius 1 is 1.04 bits per heavy atom. The summed E-state index contributed by atoms with van der Waals surface area (Å²) in [5, 5.41) is 5.02. The molecule has 0 spiro atoms. The van der Waals surface area contributed by atoms with Gasteiger partial charge in [-0.1, -0.05) is 0 Å². The third kappa shape index (κ3) is 8.89. The summed E-state index contributed by atoms with van der Waals surface area (Å²) in [6.45, 7) is 0.213. The van der Waals surface area contributed by atoms with Gasteiger partial charge in [0.2, 0.25) is 0 Å². The second kappa shape index (κ2) is 10.2. The average molecular weight is 407 g/mol. The van der Waals surface area contributed by atoms with Crippen LogP contribution in [0.2, 0.25) is 0 Å². The summed E-state index contributed by atoms with van der Waals surface area (Å²) >= 11 is -1.93. The highest BCUT2D eigenvalue weighted by atomic mass is 32.2. The van der Waals surface area contributed by atoms with Crippen LogP contribution in [-0.2, 0) is 21.2 Å². The summed E-state index contributed by atoms with van der Waals surface area (Å²) < 4.78 is 49.0. The number of carbonyl (C=O) groups is 2. The molecule has 10 nitrogen and oxygen atoms in total. The van der Waals surface area contributed by atoms with Gasteiger partial charge in [0.05, 0.1) is 11.5 Å². The molecular weight excluding hydrogens is 386 g/mol. The quantitative estimate of drug-likeness (QED) is 0.151. The summed E-state index contributed by atoms with van der Waals surface area (Å²) in [7, 11) is -4.09. The first kappa shape index (κ1) is 22.0. The zero-order chi connectivity index (χ0) is 19.7. The van der Waals surface area contributed by atoms with Crippen LogP contribution in [-0.4, -0.2) is 58.1 Å². The standard InChI is InChI=1S/C14H21N3O7S2/c15-12-8-10(13(18)16-3-1-5-25(20)21)7-11(9-12)14(19)17-4-2-6-26(22,23)24/h7-9H,1-6,15H2,(H,16,18)(H,17,19)(H,20,21)(H,22,23,24). The van der Waals surface area contributed by atoms with Crippen molar-refractivity contribution in [3.8, 4) is 0 Å². The Labute approximate surface area is 153 Å². The van der Waals surface area contributed by atoms with Crippen molar-refractivity contribution >= 4 is 38.7 Å². The first-order valence-corrected chi connectivity index (χ1v) is 10.5. The molecule has 0 saturated heterocycles. The SMILES string of the molecule is Nc1cc(C(=O)NCCCS(=O)O)cc(C(=O)NCCCS(=O)(=O)O)c1. The van der Waals surface area contributed by atoms with Gasteiger partial charge in [0.25, 0.3) is 21.9 Å². The number of benzene rings is 1. The van der Waals surface area contributed by atoms with Gasteiger partial charge in [-0.15, -0.1) is 0 Å². The minimum atomic E-state index is -4.09. The van der Waals surface area contributed by atoms with Crippen LogP contribution in [0.5, 0.6) is 0 Å². The van der Waals surface area contributed by atoms with Crippen molar-refractivity contribution in [1.82, 2.24) is 10.6 Å². The number of nitrogens with one attached hydrogen (secondary N) is 2. The molecule has 1 atom stereocenters. The number of hydrogen-bond donors (Lipinski definition) is 5. The highest BCUT2D eigenvalue weighted by molar-refractivity contribution is 7.85. The fraction of sp³-hybridized carbons (Fsp3) is 0.429. The van der Waals surface area contributed by atoms with Gasteiger partial charge in [-0.2, -0.15) is 8.42 Å². The van der Waals surface area contributed by atoms with E-state index in [1.807, 2.05) is 0 Å². The van der Waals surface area contributed by atoms with E-state index < -0.39 is 38.8 Å². The maximum absolute atomic E-state index is 12.1. The van der Waals surface area contributed by atoms with Crippen molar-refractivity contribution in [2.75, 3.05) is 30.3 Å². The molecule has 0 fully saturated rings. The van der Waals surface area contributed by atoms with Crippen molar-refractivity contribution in [3.05, 3.63) is 29.3 Å². The molecule has 1 rings (SSSR count). The molecule has 0 bridgehead atoms. The van der Waals surface area contributed by atoms with E-state index in [1.165, 1.54) is 18.2 Å². The third-order valence-electron chi connectivity index (χ3n) is 3.13. The molecule has 0 aromatic heterocycles. The Morgan fingerprint density at radius 3 is 2.00 bits per heavy atom. The van der Waals surface area contributed by atoms with Crippen LogP contribution in [0.15, 0.2) is 18.2 Å². The highest BCUT2D eigenvalue weighted by Crippen LogP contribution is 2.12. The molecule has 1 unspecified atom stereocenters. The molecule has 1 aromatic rings. The minimum absolute atomic E-state index is 0.0211. The highest BCUT2D eigenvalue weighted by Gasteiger charge is 2.12. The molecule has 26 heavy (non-hydrogen) atoms. The number of rotatable bonds is 10. The number of nitrogens with two attached hydrogens (primary N) is 1. The van der Waals surface area contributed by atoms with Crippen molar-refractivity contribution in [2.24, 2.45) is 0 Å². The van der Waals surface area contributed by atoms with Crippen LogP contribution in [0, 0.1) is 0 Å². The van der Waals surface area contributed by atoms with Gasteiger partial charge < -0.3 is 20.9 Å². The molecule has 6 N–H and O–H groups in total. The summed E-state index contributed by atoms with van der Waals surface area (Å²) in [5.74, 6) is -1.47. The molecule has 1 aromatic carbocycles. The van der Waals surface area contributed by atoms with E-state index in [9.17, 15) is 22.2 Å². The van der Waals surface area contributed by atoms with Gasteiger partial charge in [0.15, 0.2) is 11.1 Å². The average Bonchev–Trinajstić information content (AvgIpc) is 2.53. The van der Waals surface area contributed by atoms with Gasteiger partial charge in [0.1, 0.15) is 0 Å². The largest absolute Gasteiger partial charge is 0.399 e. The van der Waals surface area contributed by atoms with Gasteiger partial charge in [-0.3, -0.25) is 14.1 Å². The molecular formula is C14H21N3O7S2. The molecule has 0 aliphatic heterocycles. The number of anilines is 1. The van der Waals surface area contributed by atoms with E-state index in [0.717, 1.165) is 0 Å². The summed E-state index contributed by atoms with van der Waals surface area (Å²) in [5.41, 5.74) is 6.16. The van der Waals surface area contributed by atoms with E-state index >= 15 is 0 Å². The third-order valence-corrected chi connectivity index (χ3v) is 4.57. The Balaban J connectivity index is 2.63. The zero-order valence-electron chi connectivity index (χ0n) is 13.8. The first-order valence-electron chi connectivity index (χ1n) is 7.58. The normalized spacial score (nSPS) is 12.4. The Bertz CT molecular complexity index is 781. The number of carbonyl (C=O) groups excluding carboxylic acids is 2. The fourth-order valence-corrected chi connectivity index (χ4v) is 2.87. The lowest BCUT2D eigenvalue weighted by atomic mass is 10.1. The summed E-state index contributed by atoms with van der Waals surface area (Å²) in [6, 6.07) is 4.08. The second-order valence-corrected chi connectivity index (χ2v) is 8.00. The molecule has 12 heteroatoms. The van der Waals surface area contributed by atoms with E-state index in [1.54, 1.807) is 0 Å². The lowest BCUT2D eigenvalue weighted by Gasteiger charge is -2.09. The van der Waals surface area contributed by atoms with E-state index in [0.29, 0.717) is 6.42 Å². The summed E-state index contributed by atoms with van der Waals surface area (Å²) in [4.78, 5) is 24.1. The Morgan fingerprint density at radius 2 is 1.54 bits per heavy atom.